The Labute approximate surface area is 135 Å². The lowest BCUT2D eigenvalue weighted by atomic mass is 10.1. The molecule has 0 N–H and O–H groups in total. The van der Waals surface area contributed by atoms with Gasteiger partial charge in [-0.15, -0.1) is 0 Å². The van der Waals surface area contributed by atoms with Gasteiger partial charge in [0.15, 0.2) is 16.7 Å². The number of carbonyl (C=O) groups excluding carboxylic acids is 1. The van der Waals surface area contributed by atoms with E-state index in [1.165, 1.54) is 11.8 Å². The van der Waals surface area contributed by atoms with Gasteiger partial charge in [-0.25, -0.2) is 0 Å². The van der Waals surface area contributed by atoms with Crippen LogP contribution in [0.5, 0.6) is 11.5 Å². The van der Waals surface area contributed by atoms with Gasteiger partial charge < -0.3 is 9.47 Å². The first-order chi connectivity index (χ1) is 10.5. The second-order valence-electron chi connectivity index (χ2n) is 5.03. The summed E-state index contributed by atoms with van der Waals surface area (Å²) in [6.45, 7) is 3.91. The number of amidine groups is 1. The summed E-state index contributed by atoms with van der Waals surface area (Å²) in [5.41, 5.74) is 0.814. The van der Waals surface area contributed by atoms with Crippen molar-refractivity contribution in [1.82, 2.24) is 4.90 Å². The summed E-state index contributed by atoms with van der Waals surface area (Å²) >= 11 is 1.35. The first-order valence-electron chi connectivity index (χ1n) is 6.96. The van der Waals surface area contributed by atoms with Gasteiger partial charge in [0, 0.05) is 19.7 Å². The van der Waals surface area contributed by atoms with E-state index >= 15 is 0 Å². The summed E-state index contributed by atoms with van der Waals surface area (Å²) in [5.74, 6) is 1.23. The van der Waals surface area contributed by atoms with Crippen molar-refractivity contribution in [2.45, 2.75) is 20.0 Å². The number of para-hydroxylation sites is 1. The predicted octanol–water partition coefficient (Wildman–Crippen LogP) is 3.01. The number of likely N-dealkylation sites (N-methyl/N-ethyl adjacent to an activating group) is 1. The van der Waals surface area contributed by atoms with Gasteiger partial charge >= 0.3 is 0 Å². The highest BCUT2D eigenvalue weighted by atomic mass is 32.2. The molecule has 6 heteroatoms. The summed E-state index contributed by atoms with van der Waals surface area (Å²) in [6, 6.07) is 5.62. The van der Waals surface area contributed by atoms with Crippen molar-refractivity contribution in [3.8, 4) is 11.5 Å². The van der Waals surface area contributed by atoms with Crippen LogP contribution in [-0.2, 0) is 4.79 Å². The fourth-order valence-corrected chi connectivity index (χ4v) is 2.98. The van der Waals surface area contributed by atoms with Crippen molar-refractivity contribution in [1.29, 1.82) is 0 Å². The average Bonchev–Trinajstić information content (AvgIpc) is 2.76. The van der Waals surface area contributed by atoms with Crippen LogP contribution in [0.2, 0.25) is 0 Å². The smallest absolute Gasteiger partial charge is 0.266 e. The Morgan fingerprint density at radius 2 is 2.09 bits per heavy atom. The van der Waals surface area contributed by atoms with E-state index in [1.54, 1.807) is 26.1 Å². The van der Waals surface area contributed by atoms with E-state index in [4.69, 9.17) is 9.47 Å². The van der Waals surface area contributed by atoms with Crippen LogP contribution in [0.4, 0.5) is 0 Å². The monoisotopic (exact) mass is 320 g/mol. The molecule has 0 radical (unpaired) electrons. The first-order valence-corrected chi connectivity index (χ1v) is 7.77. The highest BCUT2D eigenvalue weighted by Gasteiger charge is 2.30. The van der Waals surface area contributed by atoms with E-state index in [2.05, 4.69) is 4.99 Å². The van der Waals surface area contributed by atoms with Crippen LogP contribution >= 0.6 is 11.8 Å². The molecule has 1 amide bonds. The molecule has 0 aliphatic carbocycles. The normalized spacial score (nSPS) is 18.6. The Morgan fingerprint density at radius 1 is 1.36 bits per heavy atom. The van der Waals surface area contributed by atoms with E-state index in [0.717, 1.165) is 5.56 Å². The maximum atomic E-state index is 12.3. The number of rotatable bonds is 4. The number of methoxy groups -OCH3 is 1. The molecule has 1 aliphatic rings. The van der Waals surface area contributed by atoms with Crippen molar-refractivity contribution in [2.24, 2.45) is 4.99 Å². The van der Waals surface area contributed by atoms with Gasteiger partial charge in [0.2, 0.25) is 0 Å². The molecule has 1 heterocycles. The zero-order valence-corrected chi connectivity index (χ0v) is 14.2. The van der Waals surface area contributed by atoms with Crippen LogP contribution in [0.3, 0.4) is 0 Å². The summed E-state index contributed by atoms with van der Waals surface area (Å²) in [4.78, 5) is 18.5. The molecule has 5 nitrogen and oxygen atoms in total. The van der Waals surface area contributed by atoms with Crippen LogP contribution < -0.4 is 9.47 Å². The number of thioether (sulfide) groups is 1. The van der Waals surface area contributed by atoms with Gasteiger partial charge in [-0.1, -0.05) is 12.1 Å². The molecule has 1 aromatic rings. The van der Waals surface area contributed by atoms with Crippen LogP contribution in [-0.4, -0.2) is 43.3 Å². The number of hydrogen-bond acceptors (Lipinski definition) is 5. The lowest BCUT2D eigenvalue weighted by molar-refractivity contribution is -0.121. The van der Waals surface area contributed by atoms with Crippen molar-refractivity contribution in [3.63, 3.8) is 0 Å². The Kier molecular flexibility index (Phi) is 5.13. The zero-order chi connectivity index (χ0) is 16.3. The molecular formula is C16H20N2O3S. The minimum absolute atomic E-state index is 0.0100. The average molecular weight is 320 g/mol. The lowest BCUT2D eigenvalue weighted by Crippen LogP contribution is -2.23. The predicted molar refractivity (Wildman–Crippen MR) is 90.5 cm³/mol. The molecule has 118 valence electrons. The standard InChI is InChI=1S/C16H20N2O3S/c1-10(2)21-14-11(7-6-8-12(14)20-5)9-13-15(19)18(4)16(17-3)22-13/h6-10H,1-5H3. The molecule has 0 aromatic heterocycles. The lowest BCUT2D eigenvalue weighted by Gasteiger charge is -2.16. The number of benzene rings is 1. The molecule has 0 unspecified atom stereocenters. The molecule has 0 spiro atoms. The molecular weight excluding hydrogens is 300 g/mol. The third-order valence-corrected chi connectivity index (χ3v) is 4.22. The van der Waals surface area contributed by atoms with Gasteiger partial charge in [0.25, 0.3) is 5.91 Å². The minimum atomic E-state index is -0.0658. The van der Waals surface area contributed by atoms with E-state index in [1.807, 2.05) is 38.1 Å². The molecule has 0 saturated carbocycles. The second kappa shape index (κ2) is 6.87. The number of ether oxygens (including phenoxy) is 2. The van der Waals surface area contributed by atoms with E-state index in [9.17, 15) is 4.79 Å². The van der Waals surface area contributed by atoms with Crippen LogP contribution in [0.1, 0.15) is 19.4 Å². The van der Waals surface area contributed by atoms with Gasteiger partial charge in [-0.3, -0.25) is 14.7 Å². The van der Waals surface area contributed by atoms with Gasteiger partial charge in [0.05, 0.1) is 18.1 Å². The molecule has 1 aromatic carbocycles. The SMILES string of the molecule is CN=C1SC(=Cc2cccc(OC)c2OC(C)C)C(=O)N1C. The Bertz CT molecular complexity index is 638. The maximum absolute atomic E-state index is 12.3. The molecule has 2 rings (SSSR count). The van der Waals surface area contributed by atoms with Crippen molar-refractivity contribution < 1.29 is 14.3 Å². The van der Waals surface area contributed by atoms with Crippen LogP contribution in [0.25, 0.3) is 6.08 Å². The zero-order valence-electron chi connectivity index (χ0n) is 13.4. The molecule has 0 atom stereocenters. The van der Waals surface area contributed by atoms with Gasteiger partial charge in [0.1, 0.15) is 0 Å². The van der Waals surface area contributed by atoms with Gasteiger partial charge in [-0.05, 0) is 37.8 Å². The highest BCUT2D eigenvalue weighted by molar-refractivity contribution is 8.18. The van der Waals surface area contributed by atoms with E-state index in [-0.39, 0.29) is 12.0 Å². The first kappa shape index (κ1) is 16.4. The van der Waals surface area contributed by atoms with E-state index in [0.29, 0.717) is 21.6 Å². The number of aliphatic imine (C=N–C) groups is 1. The van der Waals surface area contributed by atoms with Crippen LogP contribution in [0.15, 0.2) is 28.1 Å². The topological polar surface area (TPSA) is 51.1 Å². The van der Waals surface area contributed by atoms with Crippen molar-refractivity contribution in [2.75, 3.05) is 21.2 Å². The van der Waals surface area contributed by atoms with Crippen molar-refractivity contribution >= 4 is 28.9 Å². The number of hydrogen-bond donors (Lipinski definition) is 0. The fraction of sp³-hybridized carbons (Fsp3) is 0.375. The number of amides is 1. The summed E-state index contributed by atoms with van der Waals surface area (Å²) < 4.78 is 11.2. The third-order valence-electron chi connectivity index (χ3n) is 3.06. The molecule has 0 bridgehead atoms. The Hall–Kier alpha value is -1.95. The van der Waals surface area contributed by atoms with Crippen molar-refractivity contribution in [3.05, 3.63) is 28.7 Å². The van der Waals surface area contributed by atoms with Crippen LogP contribution in [0, 0.1) is 0 Å². The highest BCUT2D eigenvalue weighted by Crippen LogP contribution is 2.37. The minimum Gasteiger partial charge on any atom is -0.493 e. The summed E-state index contributed by atoms with van der Waals surface area (Å²) in [7, 11) is 4.99. The largest absolute Gasteiger partial charge is 0.493 e. The van der Waals surface area contributed by atoms with Gasteiger partial charge in [-0.2, -0.15) is 0 Å². The Morgan fingerprint density at radius 3 is 2.64 bits per heavy atom. The summed E-state index contributed by atoms with van der Waals surface area (Å²) in [5, 5.41) is 0.686. The fourth-order valence-electron chi connectivity index (χ4n) is 2.06. The molecule has 1 fully saturated rings. The number of nitrogens with zero attached hydrogens (tertiary/aromatic N) is 2. The quantitative estimate of drug-likeness (QED) is 0.800. The summed E-state index contributed by atoms with van der Waals surface area (Å²) in [6.07, 6.45) is 1.83. The second-order valence-corrected chi connectivity index (χ2v) is 6.04. The molecule has 22 heavy (non-hydrogen) atoms. The van der Waals surface area contributed by atoms with E-state index < -0.39 is 0 Å². The molecule has 1 saturated heterocycles. The maximum Gasteiger partial charge on any atom is 0.266 e. The number of carbonyl (C=O) groups is 1. The Balaban J connectivity index is 2.45. The molecule has 1 aliphatic heterocycles. The third kappa shape index (κ3) is 3.27.